The van der Waals surface area contributed by atoms with Crippen LogP contribution < -0.4 is 4.90 Å². The topological polar surface area (TPSA) is 66.0 Å². The first-order chi connectivity index (χ1) is 15.2. The molecule has 1 aliphatic carbocycles. The third-order valence-electron chi connectivity index (χ3n) is 6.24. The minimum absolute atomic E-state index is 0.0605. The molecule has 1 aromatic rings. The Kier molecular flexibility index (Phi) is 7.80. The second-order valence-electron chi connectivity index (χ2n) is 9.80. The zero-order valence-electron chi connectivity index (χ0n) is 20.1. The van der Waals surface area contributed by atoms with E-state index in [4.69, 9.17) is 4.74 Å². The van der Waals surface area contributed by atoms with Crippen molar-refractivity contribution in [2.75, 3.05) is 37.6 Å². The van der Waals surface area contributed by atoms with Crippen molar-refractivity contribution >= 4 is 17.8 Å². The molecule has 7 heteroatoms. The van der Waals surface area contributed by atoms with Crippen molar-refractivity contribution in [3.8, 4) is 0 Å². The summed E-state index contributed by atoms with van der Waals surface area (Å²) < 4.78 is 5.49. The van der Waals surface area contributed by atoms with E-state index in [0.717, 1.165) is 24.2 Å². The summed E-state index contributed by atoms with van der Waals surface area (Å²) in [4.78, 5) is 36.4. The van der Waals surface area contributed by atoms with Crippen LogP contribution >= 0.6 is 0 Å². The zero-order chi connectivity index (χ0) is 23.3. The van der Waals surface area contributed by atoms with Gasteiger partial charge in [-0.3, -0.25) is 4.79 Å². The molecule has 0 radical (unpaired) electrons. The molecule has 1 aliphatic heterocycles. The summed E-state index contributed by atoms with van der Waals surface area (Å²) in [5.41, 5.74) is 1.10. The smallest absolute Gasteiger partial charge is 0.410 e. The molecule has 3 rings (SSSR count). The van der Waals surface area contributed by atoms with Gasteiger partial charge in [-0.1, -0.05) is 25.3 Å². The van der Waals surface area contributed by atoms with Gasteiger partial charge >= 0.3 is 6.09 Å². The number of ether oxygens (including phenoxy) is 1. The predicted molar refractivity (Wildman–Crippen MR) is 127 cm³/mol. The highest BCUT2D eigenvalue weighted by Gasteiger charge is 2.30. The lowest BCUT2D eigenvalue weighted by Crippen LogP contribution is -2.50. The number of carbonyl (C=O) groups is 2. The Labute approximate surface area is 192 Å². The molecular weight excluding hydrogens is 404 g/mol. The van der Waals surface area contributed by atoms with Crippen LogP contribution in [-0.2, 0) is 4.74 Å². The van der Waals surface area contributed by atoms with Gasteiger partial charge in [0, 0.05) is 56.1 Å². The van der Waals surface area contributed by atoms with Crippen molar-refractivity contribution in [2.45, 2.75) is 71.4 Å². The Morgan fingerprint density at radius 1 is 1.19 bits per heavy atom. The molecule has 0 aromatic carbocycles. The number of nitrogens with zero attached hydrogens (tertiary/aromatic N) is 4. The van der Waals surface area contributed by atoms with Gasteiger partial charge in [0.15, 0.2) is 0 Å². The van der Waals surface area contributed by atoms with Crippen molar-refractivity contribution in [2.24, 2.45) is 0 Å². The van der Waals surface area contributed by atoms with Gasteiger partial charge < -0.3 is 19.4 Å². The van der Waals surface area contributed by atoms with E-state index in [1.165, 1.54) is 19.3 Å². The lowest BCUT2D eigenvalue weighted by Gasteiger charge is -2.37. The minimum Gasteiger partial charge on any atom is -0.444 e. The zero-order valence-corrected chi connectivity index (χ0v) is 20.1. The van der Waals surface area contributed by atoms with Crippen molar-refractivity contribution in [1.82, 2.24) is 14.8 Å². The molecule has 32 heavy (non-hydrogen) atoms. The second kappa shape index (κ2) is 10.4. The van der Waals surface area contributed by atoms with Crippen molar-refractivity contribution in [1.29, 1.82) is 0 Å². The molecule has 176 valence electrons. The van der Waals surface area contributed by atoms with E-state index < -0.39 is 5.60 Å². The first-order valence-corrected chi connectivity index (χ1v) is 11.8. The normalized spacial score (nSPS) is 17.8. The van der Waals surface area contributed by atoms with E-state index >= 15 is 0 Å². The summed E-state index contributed by atoms with van der Waals surface area (Å²) in [6, 6.07) is 2.11. The Bertz CT molecular complexity index is 819. The van der Waals surface area contributed by atoms with Crippen LogP contribution in [0.25, 0.3) is 0 Å². The molecule has 2 heterocycles. The fraction of sp³-hybridized carbons (Fsp3) is 0.640. The molecule has 2 amide bonds. The van der Waals surface area contributed by atoms with Gasteiger partial charge in [0.1, 0.15) is 11.4 Å². The van der Waals surface area contributed by atoms with E-state index in [1.54, 1.807) is 11.1 Å². The number of pyridine rings is 1. The van der Waals surface area contributed by atoms with Crippen LogP contribution in [0, 0.1) is 6.92 Å². The van der Waals surface area contributed by atoms with Gasteiger partial charge in [0.2, 0.25) is 0 Å². The van der Waals surface area contributed by atoms with Crippen LogP contribution in [0.4, 0.5) is 10.6 Å². The van der Waals surface area contributed by atoms with Gasteiger partial charge in [-0.05, 0) is 46.6 Å². The number of carbonyl (C=O) groups excluding carboxylic acids is 2. The summed E-state index contributed by atoms with van der Waals surface area (Å²) in [7, 11) is 0. The summed E-state index contributed by atoms with van der Waals surface area (Å²) in [6.45, 7) is 14.5. The molecule has 2 fully saturated rings. The largest absolute Gasteiger partial charge is 0.444 e. The highest BCUT2D eigenvalue weighted by atomic mass is 16.6. The van der Waals surface area contributed by atoms with Crippen molar-refractivity contribution < 1.29 is 14.3 Å². The first kappa shape index (κ1) is 24.1. The highest BCUT2D eigenvalue weighted by molar-refractivity contribution is 5.97. The van der Waals surface area contributed by atoms with Gasteiger partial charge in [0.05, 0.1) is 0 Å². The highest BCUT2D eigenvalue weighted by Crippen LogP contribution is 2.27. The van der Waals surface area contributed by atoms with Crippen LogP contribution in [0.3, 0.4) is 0 Å². The lowest BCUT2D eigenvalue weighted by atomic mass is 9.93. The second-order valence-corrected chi connectivity index (χ2v) is 9.80. The molecule has 1 aromatic heterocycles. The average Bonchev–Trinajstić information content (AvgIpc) is 2.77. The summed E-state index contributed by atoms with van der Waals surface area (Å²) >= 11 is 0. The molecule has 0 bridgehead atoms. The number of hydrogen-bond acceptors (Lipinski definition) is 5. The summed E-state index contributed by atoms with van der Waals surface area (Å²) in [5, 5.41) is 0. The number of aromatic nitrogens is 1. The number of rotatable bonds is 5. The number of anilines is 1. The molecular formula is C25H38N4O3. The molecule has 0 atom stereocenters. The molecule has 1 saturated carbocycles. The molecule has 0 spiro atoms. The SMILES string of the molecule is C=CCN(C(=O)c1ccnc(N2CCN(C(=O)OC(C)(C)C)CC2)c1C)C1CCCCC1. The van der Waals surface area contributed by atoms with Crippen molar-refractivity contribution in [3.05, 3.63) is 36.0 Å². The fourth-order valence-corrected chi connectivity index (χ4v) is 4.59. The van der Waals surface area contributed by atoms with Crippen molar-refractivity contribution in [3.63, 3.8) is 0 Å². The summed E-state index contributed by atoms with van der Waals surface area (Å²) in [5.74, 6) is 0.882. The van der Waals surface area contributed by atoms with E-state index in [1.807, 2.05) is 44.7 Å². The molecule has 1 saturated heterocycles. The molecule has 0 N–H and O–H groups in total. The quantitative estimate of drug-likeness (QED) is 0.632. The maximum absolute atomic E-state index is 13.5. The van der Waals surface area contributed by atoms with Gasteiger partial charge in [0.25, 0.3) is 5.91 Å². The number of amides is 2. The Morgan fingerprint density at radius 2 is 1.84 bits per heavy atom. The third kappa shape index (κ3) is 5.81. The maximum atomic E-state index is 13.5. The summed E-state index contributed by atoms with van der Waals surface area (Å²) in [6.07, 6.45) is 8.98. The van der Waals surface area contributed by atoms with Crippen LogP contribution in [0.15, 0.2) is 24.9 Å². The fourth-order valence-electron chi connectivity index (χ4n) is 4.59. The predicted octanol–water partition coefficient (Wildman–Crippen LogP) is 4.41. The Morgan fingerprint density at radius 3 is 2.44 bits per heavy atom. The van der Waals surface area contributed by atoms with E-state index in [2.05, 4.69) is 16.5 Å². The molecule has 7 nitrogen and oxygen atoms in total. The van der Waals surface area contributed by atoms with Crippen LogP contribution in [0.5, 0.6) is 0 Å². The van der Waals surface area contributed by atoms with E-state index in [9.17, 15) is 9.59 Å². The van der Waals surface area contributed by atoms with Crippen LogP contribution in [0.1, 0.15) is 68.8 Å². The van der Waals surface area contributed by atoms with Gasteiger partial charge in [-0.2, -0.15) is 0 Å². The number of piperazine rings is 1. The van der Waals surface area contributed by atoms with Gasteiger partial charge in [-0.25, -0.2) is 9.78 Å². The third-order valence-corrected chi connectivity index (χ3v) is 6.24. The molecule has 0 unspecified atom stereocenters. The standard InChI is InChI=1S/C25H38N4O3/c1-6-14-29(20-10-8-7-9-11-20)23(30)21-12-13-26-22(19(21)2)27-15-17-28(18-16-27)24(31)32-25(3,4)5/h6,12-13,20H,1,7-11,14-18H2,2-5H3. The Hall–Kier alpha value is -2.57. The minimum atomic E-state index is -0.503. The average molecular weight is 443 g/mol. The maximum Gasteiger partial charge on any atom is 0.410 e. The van der Waals surface area contributed by atoms with Gasteiger partial charge in [-0.15, -0.1) is 6.58 Å². The lowest BCUT2D eigenvalue weighted by molar-refractivity contribution is 0.0240. The monoisotopic (exact) mass is 442 g/mol. The van der Waals surface area contributed by atoms with E-state index in [0.29, 0.717) is 38.3 Å². The van der Waals surface area contributed by atoms with Crippen LogP contribution in [0.2, 0.25) is 0 Å². The Balaban J connectivity index is 1.72. The molecule has 2 aliphatic rings. The number of hydrogen-bond donors (Lipinski definition) is 0. The first-order valence-electron chi connectivity index (χ1n) is 11.8. The van der Waals surface area contributed by atoms with Crippen LogP contribution in [-0.4, -0.2) is 71.2 Å². The van der Waals surface area contributed by atoms with E-state index in [-0.39, 0.29) is 18.0 Å².